The Morgan fingerprint density at radius 1 is 1.24 bits per heavy atom. The summed E-state index contributed by atoms with van der Waals surface area (Å²) in [7, 11) is 2.20. The number of benzene rings is 1. The standard InChI is InChI=1S/C13H16N4/c1-16-5-13(6-16)7-17(8-13)11-4-2-3-10-12(11)15-9-14-10/h2-4,9H,5-8H2,1H3,(H,14,15). The molecule has 0 bridgehead atoms. The number of anilines is 1. The molecule has 4 nitrogen and oxygen atoms in total. The number of imidazole rings is 1. The van der Waals surface area contributed by atoms with Gasteiger partial charge < -0.3 is 14.8 Å². The third kappa shape index (κ3) is 1.24. The summed E-state index contributed by atoms with van der Waals surface area (Å²) in [5, 5.41) is 0. The molecule has 3 heterocycles. The Hall–Kier alpha value is -1.55. The van der Waals surface area contributed by atoms with Crippen molar-refractivity contribution < 1.29 is 0 Å². The molecular formula is C13H16N4. The third-order valence-corrected chi connectivity index (χ3v) is 4.03. The van der Waals surface area contributed by atoms with Crippen LogP contribution < -0.4 is 4.90 Å². The molecular weight excluding hydrogens is 212 g/mol. The summed E-state index contributed by atoms with van der Waals surface area (Å²) in [5.74, 6) is 0. The number of hydrogen-bond acceptors (Lipinski definition) is 3. The Bertz CT molecular complexity index is 560. The topological polar surface area (TPSA) is 35.2 Å². The van der Waals surface area contributed by atoms with E-state index in [0.717, 1.165) is 11.0 Å². The van der Waals surface area contributed by atoms with Gasteiger partial charge in [0.25, 0.3) is 0 Å². The predicted molar refractivity (Wildman–Crippen MR) is 68.2 cm³/mol. The lowest BCUT2D eigenvalue weighted by Crippen LogP contribution is -2.71. The smallest absolute Gasteiger partial charge is 0.112 e. The van der Waals surface area contributed by atoms with Crippen molar-refractivity contribution in [3.8, 4) is 0 Å². The number of likely N-dealkylation sites (tertiary alicyclic amines) is 1. The first-order valence-corrected chi connectivity index (χ1v) is 6.11. The zero-order valence-corrected chi connectivity index (χ0v) is 9.98. The second-order valence-electron chi connectivity index (χ2n) is 5.60. The van der Waals surface area contributed by atoms with E-state index in [1.807, 2.05) is 0 Å². The number of fused-ring (bicyclic) bond motifs is 1. The maximum absolute atomic E-state index is 4.42. The van der Waals surface area contributed by atoms with Crippen molar-refractivity contribution in [3.05, 3.63) is 24.5 Å². The van der Waals surface area contributed by atoms with Crippen LogP contribution in [-0.2, 0) is 0 Å². The number of nitrogens with zero attached hydrogens (tertiary/aromatic N) is 3. The maximum Gasteiger partial charge on any atom is 0.112 e. The highest BCUT2D eigenvalue weighted by Crippen LogP contribution is 2.42. The van der Waals surface area contributed by atoms with E-state index in [1.165, 1.54) is 31.9 Å². The molecule has 2 saturated heterocycles. The van der Waals surface area contributed by atoms with E-state index in [9.17, 15) is 0 Å². The second kappa shape index (κ2) is 3.01. The molecule has 0 radical (unpaired) electrons. The lowest BCUT2D eigenvalue weighted by atomic mass is 9.73. The molecule has 4 rings (SSSR count). The number of aromatic nitrogens is 2. The summed E-state index contributed by atoms with van der Waals surface area (Å²) in [6.45, 7) is 4.87. The molecule has 0 unspecified atom stereocenters. The fourth-order valence-corrected chi connectivity index (χ4v) is 3.44. The molecule has 2 aliphatic rings. The van der Waals surface area contributed by atoms with Gasteiger partial charge in [0.15, 0.2) is 0 Å². The molecule has 2 fully saturated rings. The quantitative estimate of drug-likeness (QED) is 0.799. The van der Waals surface area contributed by atoms with E-state index < -0.39 is 0 Å². The minimum Gasteiger partial charge on any atom is -0.368 e. The first kappa shape index (κ1) is 9.48. The van der Waals surface area contributed by atoms with Crippen LogP contribution in [0.4, 0.5) is 5.69 Å². The van der Waals surface area contributed by atoms with E-state index in [2.05, 4.69) is 45.0 Å². The average molecular weight is 228 g/mol. The maximum atomic E-state index is 4.42. The zero-order chi connectivity index (χ0) is 11.5. The Morgan fingerprint density at radius 2 is 2.06 bits per heavy atom. The molecule has 1 aromatic carbocycles. The average Bonchev–Trinajstić information content (AvgIpc) is 2.69. The summed E-state index contributed by atoms with van der Waals surface area (Å²) in [6.07, 6.45) is 1.78. The Labute approximate surface area is 100 Å². The molecule has 2 aromatic rings. The lowest BCUT2D eigenvalue weighted by Gasteiger charge is -2.60. The van der Waals surface area contributed by atoms with Gasteiger partial charge >= 0.3 is 0 Å². The minimum absolute atomic E-state index is 0.577. The van der Waals surface area contributed by atoms with E-state index in [-0.39, 0.29) is 0 Å². The van der Waals surface area contributed by atoms with Gasteiger partial charge in [0.2, 0.25) is 0 Å². The Kier molecular flexibility index (Phi) is 1.68. The summed E-state index contributed by atoms with van der Waals surface area (Å²) < 4.78 is 0. The number of hydrogen-bond donors (Lipinski definition) is 1. The normalized spacial score (nSPS) is 22.8. The van der Waals surface area contributed by atoms with Crippen LogP contribution in [0.3, 0.4) is 0 Å². The first-order valence-electron chi connectivity index (χ1n) is 6.11. The van der Waals surface area contributed by atoms with Crippen LogP contribution in [0.5, 0.6) is 0 Å². The second-order valence-corrected chi connectivity index (χ2v) is 5.60. The highest BCUT2D eigenvalue weighted by molar-refractivity contribution is 5.88. The molecule has 2 aliphatic heterocycles. The summed E-state index contributed by atoms with van der Waals surface area (Å²) >= 11 is 0. The van der Waals surface area contributed by atoms with Gasteiger partial charge in [-0.25, -0.2) is 4.98 Å². The molecule has 1 aromatic heterocycles. The SMILES string of the molecule is CN1CC2(C1)CN(c1cccc3[nH]cnc13)C2. The third-order valence-electron chi connectivity index (χ3n) is 4.03. The zero-order valence-electron chi connectivity index (χ0n) is 9.98. The van der Waals surface area contributed by atoms with Crippen LogP contribution >= 0.6 is 0 Å². The van der Waals surface area contributed by atoms with Crippen molar-refractivity contribution in [2.24, 2.45) is 5.41 Å². The molecule has 0 saturated carbocycles. The monoisotopic (exact) mass is 228 g/mol. The summed E-state index contributed by atoms with van der Waals surface area (Å²) in [6, 6.07) is 6.37. The van der Waals surface area contributed by atoms with E-state index in [0.29, 0.717) is 5.41 Å². The first-order chi connectivity index (χ1) is 8.26. The van der Waals surface area contributed by atoms with Crippen LogP contribution in [0.1, 0.15) is 0 Å². The largest absolute Gasteiger partial charge is 0.368 e. The van der Waals surface area contributed by atoms with E-state index in [1.54, 1.807) is 6.33 Å². The van der Waals surface area contributed by atoms with Crippen molar-refractivity contribution in [3.63, 3.8) is 0 Å². The lowest BCUT2D eigenvalue weighted by molar-refractivity contribution is -0.00226. The molecule has 4 heteroatoms. The number of para-hydroxylation sites is 1. The van der Waals surface area contributed by atoms with Gasteiger partial charge in [0.05, 0.1) is 17.5 Å². The van der Waals surface area contributed by atoms with Crippen molar-refractivity contribution in [2.75, 3.05) is 38.1 Å². The van der Waals surface area contributed by atoms with Gasteiger partial charge in [-0.1, -0.05) is 6.07 Å². The van der Waals surface area contributed by atoms with Crippen molar-refractivity contribution in [2.45, 2.75) is 0 Å². The molecule has 88 valence electrons. The summed E-state index contributed by atoms with van der Waals surface area (Å²) in [5.41, 5.74) is 4.10. The number of aromatic amines is 1. The van der Waals surface area contributed by atoms with Gasteiger partial charge in [-0.05, 0) is 19.2 Å². The van der Waals surface area contributed by atoms with Crippen LogP contribution in [0, 0.1) is 5.41 Å². The van der Waals surface area contributed by atoms with Crippen LogP contribution in [0.25, 0.3) is 11.0 Å². The molecule has 1 N–H and O–H groups in total. The van der Waals surface area contributed by atoms with Gasteiger partial charge in [0, 0.05) is 31.6 Å². The molecule has 0 amide bonds. The molecule has 1 spiro atoms. The van der Waals surface area contributed by atoms with Crippen LogP contribution in [0.15, 0.2) is 24.5 Å². The highest BCUT2D eigenvalue weighted by Gasteiger charge is 2.50. The molecule has 0 atom stereocenters. The van der Waals surface area contributed by atoms with E-state index >= 15 is 0 Å². The highest BCUT2D eigenvalue weighted by atomic mass is 15.3. The predicted octanol–water partition coefficient (Wildman–Crippen LogP) is 1.31. The van der Waals surface area contributed by atoms with Gasteiger partial charge in [-0.3, -0.25) is 0 Å². The fraction of sp³-hybridized carbons (Fsp3) is 0.462. The van der Waals surface area contributed by atoms with Crippen molar-refractivity contribution in [1.82, 2.24) is 14.9 Å². The number of H-pyrrole nitrogens is 1. The van der Waals surface area contributed by atoms with Gasteiger partial charge in [-0.2, -0.15) is 0 Å². The minimum atomic E-state index is 0.577. The van der Waals surface area contributed by atoms with Crippen LogP contribution in [-0.4, -0.2) is 48.1 Å². The fourth-order valence-electron chi connectivity index (χ4n) is 3.44. The van der Waals surface area contributed by atoms with E-state index in [4.69, 9.17) is 0 Å². The van der Waals surface area contributed by atoms with Crippen LogP contribution in [0.2, 0.25) is 0 Å². The number of nitrogens with one attached hydrogen (secondary N) is 1. The van der Waals surface area contributed by atoms with Gasteiger partial charge in [0.1, 0.15) is 5.52 Å². The molecule has 0 aliphatic carbocycles. The summed E-state index contributed by atoms with van der Waals surface area (Å²) in [4.78, 5) is 12.4. The Balaban J connectivity index is 1.62. The van der Waals surface area contributed by atoms with Crippen molar-refractivity contribution >= 4 is 16.7 Å². The number of rotatable bonds is 1. The van der Waals surface area contributed by atoms with Crippen molar-refractivity contribution in [1.29, 1.82) is 0 Å². The Morgan fingerprint density at radius 3 is 2.82 bits per heavy atom. The molecule has 17 heavy (non-hydrogen) atoms. The van der Waals surface area contributed by atoms with Gasteiger partial charge in [-0.15, -0.1) is 0 Å².